The fraction of sp³-hybridized carbons (Fsp3) is 0.250. The van der Waals surface area contributed by atoms with Crippen LogP contribution in [0.25, 0.3) is 22.5 Å². The first-order valence-electron chi connectivity index (χ1n) is 8.56. The van der Waals surface area contributed by atoms with Gasteiger partial charge in [-0.25, -0.2) is 8.42 Å². The van der Waals surface area contributed by atoms with Gasteiger partial charge in [0, 0.05) is 17.7 Å². The number of nitrogens with zero attached hydrogens (tertiary/aromatic N) is 2. The Balaban J connectivity index is 0.000000438. The Morgan fingerprint density at radius 2 is 1.41 bits per heavy atom. The minimum Gasteiger partial charge on any atom is -0.726 e. The van der Waals surface area contributed by atoms with Gasteiger partial charge >= 0.3 is 0 Å². The molecule has 0 fully saturated rings. The van der Waals surface area contributed by atoms with E-state index in [0.29, 0.717) is 0 Å². The van der Waals surface area contributed by atoms with Gasteiger partial charge in [0.2, 0.25) is 16.1 Å². The van der Waals surface area contributed by atoms with E-state index in [1.54, 1.807) is 14.2 Å². The van der Waals surface area contributed by atoms with E-state index < -0.39 is 10.4 Å². The maximum Gasteiger partial charge on any atom is 0.239 e. The van der Waals surface area contributed by atoms with E-state index in [1.807, 2.05) is 31.3 Å². The van der Waals surface area contributed by atoms with Gasteiger partial charge in [0.05, 0.1) is 33.9 Å². The van der Waals surface area contributed by atoms with E-state index in [4.69, 9.17) is 9.47 Å². The molecule has 0 spiro atoms. The van der Waals surface area contributed by atoms with Gasteiger partial charge in [-0.05, 0) is 12.1 Å². The van der Waals surface area contributed by atoms with Crippen molar-refractivity contribution >= 4 is 10.4 Å². The summed E-state index contributed by atoms with van der Waals surface area (Å²) in [4.78, 5) is 0. The van der Waals surface area contributed by atoms with Gasteiger partial charge in [0.15, 0.2) is 7.05 Å². The molecule has 0 aliphatic heterocycles. The van der Waals surface area contributed by atoms with E-state index in [1.165, 1.54) is 5.56 Å². The number of benzene rings is 2. The van der Waals surface area contributed by atoms with Gasteiger partial charge in [-0.1, -0.05) is 30.3 Å². The maximum atomic E-state index is 9.22. The maximum absolute atomic E-state index is 9.22. The summed E-state index contributed by atoms with van der Waals surface area (Å²) in [5.41, 5.74) is 4.50. The molecular formula is C20H24N2O6S. The molecule has 1 aromatic heterocycles. The number of hydrogen-bond donors (Lipinski definition) is 0. The SMILES string of the molecule is COS(=O)(=O)[O-].COc1cc(OC)cc(-c2cc(-c3ccccc3)n(C)[n+]2C)c1. The van der Waals surface area contributed by atoms with Crippen LogP contribution in [0, 0.1) is 0 Å². The Bertz CT molecular complexity index is 1040. The molecule has 0 amide bonds. The van der Waals surface area contributed by atoms with E-state index in [-0.39, 0.29) is 0 Å². The fourth-order valence-corrected chi connectivity index (χ4v) is 2.74. The van der Waals surface area contributed by atoms with Crippen LogP contribution in [0.2, 0.25) is 0 Å². The second-order valence-corrected chi connectivity index (χ2v) is 7.15. The van der Waals surface area contributed by atoms with Crippen molar-refractivity contribution in [3.63, 3.8) is 0 Å². The second kappa shape index (κ2) is 9.55. The minimum absolute atomic E-state index is 0.782. The fourth-order valence-electron chi connectivity index (χ4n) is 2.74. The zero-order chi connectivity index (χ0) is 21.6. The van der Waals surface area contributed by atoms with Crippen molar-refractivity contribution in [2.45, 2.75) is 0 Å². The molecule has 9 heteroatoms. The lowest BCUT2D eigenvalue weighted by Crippen LogP contribution is -2.39. The highest BCUT2D eigenvalue weighted by Crippen LogP contribution is 2.30. The largest absolute Gasteiger partial charge is 0.726 e. The molecule has 0 saturated carbocycles. The highest BCUT2D eigenvalue weighted by Gasteiger charge is 2.21. The Hall–Kier alpha value is -2.88. The number of aromatic nitrogens is 2. The van der Waals surface area contributed by atoms with Gasteiger partial charge in [-0.2, -0.15) is 4.68 Å². The Labute approximate surface area is 170 Å². The van der Waals surface area contributed by atoms with Crippen molar-refractivity contribution < 1.29 is 31.3 Å². The van der Waals surface area contributed by atoms with Crippen molar-refractivity contribution in [2.24, 2.45) is 14.1 Å². The third-order valence-electron chi connectivity index (χ3n) is 4.34. The van der Waals surface area contributed by atoms with E-state index >= 15 is 0 Å². The number of rotatable bonds is 5. The number of methoxy groups -OCH3 is 2. The quantitative estimate of drug-likeness (QED) is 0.357. The summed E-state index contributed by atoms with van der Waals surface area (Å²) in [5.74, 6) is 1.56. The average molecular weight is 420 g/mol. The summed E-state index contributed by atoms with van der Waals surface area (Å²) in [5, 5.41) is 0. The molecule has 8 nitrogen and oxygen atoms in total. The van der Waals surface area contributed by atoms with E-state index in [0.717, 1.165) is 35.6 Å². The molecule has 0 aliphatic rings. The summed E-state index contributed by atoms with van der Waals surface area (Å²) in [7, 11) is 3.84. The number of hydrogen-bond acceptors (Lipinski definition) is 6. The third kappa shape index (κ3) is 5.80. The van der Waals surface area contributed by atoms with Crippen LogP contribution < -0.4 is 14.2 Å². The topological polar surface area (TPSA) is 93.7 Å². The first kappa shape index (κ1) is 22.4. The number of ether oxygens (including phenoxy) is 2. The summed E-state index contributed by atoms with van der Waals surface area (Å²) < 4.78 is 46.0. The molecule has 0 atom stereocenters. The highest BCUT2D eigenvalue weighted by molar-refractivity contribution is 7.80. The molecule has 29 heavy (non-hydrogen) atoms. The van der Waals surface area contributed by atoms with Gasteiger partial charge < -0.3 is 14.0 Å². The first-order chi connectivity index (χ1) is 13.7. The standard InChI is InChI=1S/C19H21N2O2.CH4O4S/c1-20-18(14-8-6-5-7-9-14)13-19(21(20)2)15-10-16(22-3)12-17(11-15)23-4;1-5-6(2,3)4/h5-13H,1-4H3;1H3,(H,2,3,4)/q+1;/p-1. The zero-order valence-corrected chi connectivity index (χ0v) is 17.8. The predicted octanol–water partition coefficient (Wildman–Crippen LogP) is 2.29. The average Bonchev–Trinajstić information content (AvgIpc) is 3.03. The lowest BCUT2D eigenvalue weighted by atomic mass is 10.1. The third-order valence-corrected chi connectivity index (χ3v) is 4.75. The molecule has 0 N–H and O–H groups in total. The van der Waals surface area contributed by atoms with Crippen LogP contribution in [0.4, 0.5) is 0 Å². The molecule has 0 aliphatic carbocycles. The van der Waals surface area contributed by atoms with Crippen LogP contribution in [0.15, 0.2) is 54.6 Å². The molecule has 2 aromatic carbocycles. The predicted molar refractivity (Wildman–Crippen MR) is 107 cm³/mol. The van der Waals surface area contributed by atoms with Crippen LogP contribution in [0.1, 0.15) is 0 Å². The zero-order valence-electron chi connectivity index (χ0n) is 16.9. The Morgan fingerprint density at radius 1 is 0.897 bits per heavy atom. The van der Waals surface area contributed by atoms with Crippen LogP contribution >= 0.6 is 0 Å². The first-order valence-corrected chi connectivity index (χ1v) is 9.89. The molecule has 3 aromatic rings. The summed E-state index contributed by atoms with van der Waals surface area (Å²) >= 11 is 0. The van der Waals surface area contributed by atoms with Crippen molar-refractivity contribution in [3.8, 4) is 34.0 Å². The van der Waals surface area contributed by atoms with Crippen molar-refractivity contribution in [1.82, 2.24) is 4.68 Å². The monoisotopic (exact) mass is 420 g/mol. The lowest BCUT2D eigenvalue weighted by Gasteiger charge is -2.06. The van der Waals surface area contributed by atoms with Crippen LogP contribution in [-0.2, 0) is 28.7 Å². The van der Waals surface area contributed by atoms with Gasteiger partial charge in [-0.15, -0.1) is 4.68 Å². The van der Waals surface area contributed by atoms with Crippen LogP contribution in [0.3, 0.4) is 0 Å². The minimum atomic E-state index is -4.41. The molecule has 0 bridgehead atoms. The highest BCUT2D eigenvalue weighted by atomic mass is 32.3. The molecule has 156 valence electrons. The Morgan fingerprint density at radius 3 is 1.86 bits per heavy atom. The van der Waals surface area contributed by atoms with Gasteiger partial charge in [-0.3, -0.25) is 4.18 Å². The molecule has 0 radical (unpaired) electrons. The van der Waals surface area contributed by atoms with E-state index in [9.17, 15) is 13.0 Å². The smallest absolute Gasteiger partial charge is 0.239 e. The second-order valence-electron chi connectivity index (χ2n) is 6.00. The van der Waals surface area contributed by atoms with E-state index in [2.05, 4.69) is 50.9 Å². The lowest BCUT2D eigenvalue weighted by molar-refractivity contribution is -0.740. The Kier molecular flexibility index (Phi) is 7.38. The molecule has 3 rings (SSSR count). The van der Waals surface area contributed by atoms with Crippen molar-refractivity contribution in [2.75, 3.05) is 21.3 Å². The molecule has 0 saturated heterocycles. The van der Waals surface area contributed by atoms with Gasteiger partial charge in [0.1, 0.15) is 17.2 Å². The van der Waals surface area contributed by atoms with Crippen molar-refractivity contribution in [3.05, 3.63) is 54.6 Å². The normalized spacial score (nSPS) is 10.8. The van der Waals surface area contributed by atoms with Crippen LogP contribution in [0.5, 0.6) is 11.5 Å². The molecule has 1 heterocycles. The summed E-state index contributed by atoms with van der Waals surface area (Å²) in [6.45, 7) is 0. The summed E-state index contributed by atoms with van der Waals surface area (Å²) in [6.07, 6.45) is 0. The van der Waals surface area contributed by atoms with Crippen LogP contribution in [-0.4, -0.2) is 39.0 Å². The molecule has 0 unspecified atom stereocenters. The molecular weight excluding hydrogens is 396 g/mol. The van der Waals surface area contributed by atoms with Crippen molar-refractivity contribution in [1.29, 1.82) is 0 Å². The summed E-state index contributed by atoms with van der Waals surface area (Å²) in [6, 6.07) is 18.5. The van der Waals surface area contributed by atoms with Gasteiger partial charge in [0.25, 0.3) is 0 Å².